The van der Waals surface area contributed by atoms with Crippen LogP contribution in [-0.2, 0) is 11.3 Å². The van der Waals surface area contributed by atoms with Gasteiger partial charge in [-0.2, -0.15) is 0 Å². The van der Waals surface area contributed by atoms with Gasteiger partial charge in [0.2, 0.25) is 0 Å². The van der Waals surface area contributed by atoms with Crippen LogP contribution in [0.1, 0.15) is 38.7 Å². The fraction of sp³-hybridized carbons (Fsp3) is 0.625. The quantitative estimate of drug-likeness (QED) is 0.767. The lowest BCUT2D eigenvalue weighted by atomic mass is 10.0. The summed E-state index contributed by atoms with van der Waals surface area (Å²) in [5, 5.41) is 3.58. The standard InChI is InChI=1S/C16H25NO2/c1-3-4-10-19-15-7-5-14(6-8-15)12-17-16(2)9-11-18-13-16/h5-8,17H,3-4,9-13H2,1-2H3. The maximum absolute atomic E-state index is 5.66. The second-order valence-electron chi connectivity index (χ2n) is 5.56. The van der Waals surface area contributed by atoms with Crippen molar-refractivity contribution < 1.29 is 9.47 Å². The third kappa shape index (κ3) is 4.51. The zero-order valence-corrected chi connectivity index (χ0v) is 12.1. The molecule has 1 atom stereocenters. The van der Waals surface area contributed by atoms with Crippen LogP contribution in [0.25, 0.3) is 0 Å². The Bertz CT molecular complexity index is 369. The third-order valence-electron chi connectivity index (χ3n) is 3.63. The molecule has 0 spiro atoms. The Morgan fingerprint density at radius 1 is 1.32 bits per heavy atom. The van der Waals surface area contributed by atoms with Gasteiger partial charge in [-0.1, -0.05) is 25.5 Å². The van der Waals surface area contributed by atoms with Crippen molar-refractivity contribution >= 4 is 0 Å². The highest BCUT2D eigenvalue weighted by atomic mass is 16.5. The fourth-order valence-corrected chi connectivity index (χ4v) is 2.16. The van der Waals surface area contributed by atoms with Gasteiger partial charge in [0.25, 0.3) is 0 Å². The van der Waals surface area contributed by atoms with Crippen LogP contribution in [-0.4, -0.2) is 25.4 Å². The summed E-state index contributed by atoms with van der Waals surface area (Å²) in [6.45, 7) is 7.77. The first-order valence-corrected chi connectivity index (χ1v) is 7.26. The predicted octanol–water partition coefficient (Wildman–Crippen LogP) is 3.13. The summed E-state index contributed by atoms with van der Waals surface area (Å²) in [5.41, 5.74) is 1.42. The molecule has 3 nitrogen and oxygen atoms in total. The first kappa shape index (κ1) is 14.4. The molecule has 0 radical (unpaired) electrons. The molecular weight excluding hydrogens is 238 g/mol. The number of hydrogen-bond acceptors (Lipinski definition) is 3. The molecule has 0 aromatic heterocycles. The topological polar surface area (TPSA) is 30.5 Å². The zero-order valence-electron chi connectivity index (χ0n) is 12.1. The van der Waals surface area contributed by atoms with Crippen molar-refractivity contribution in [3.8, 4) is 5.75 Å². The van der Waals surface area contributed by atoms with E-state index in [2.05, 4.69) is 43.4 Å². The molecule has 3 heteroatoms. The molecule has 1 unspecified atom stereocenters. The Balaban J connectivity index is 1.78. The van der Waals surface area contributed by atoms with Gasteiger partial charge in [-0.25, -0.2) is 0 Å². The van der Waals surface area contributed by atoms with Crippen LogP contribution in [0.4, 0.5) is 0 Å². The molecule has 0 bridgehead atoms. The van der Waals surface area contributed by atoms with Gasteiger partial charge in [-0.3, -0.25) is 0 Å². The molecule has 1 fully saturated rings. The summed E-state index contributed by atoms with van der Waals surface area (Å²) in [7, 11) is 0. The first-order valence-electron chi connectivity index (χ1n) is 7.26. The monoisotopic (exact) mass is 263 g/mol. The molecule has 1 aromatic carbocycles. The molecule has 1 saturated heterocycles. The Morgan fingerprint density at radius 2 is 2.11 bits per heavy atom. The number of hydrogen-bond donors (Lipinski definition) is 1. The minimum absolute atomic E-state index is 0.135. The second-order valence-corrected chi connectivity index (χ2v) is 5.56. The summed E-state index contributed by atoms with van der Waals surface area (Å²) >= 11 is 0. The van der Waals surface area contributed by atoms with E-state index in [4.69, 9.17) is 9.47 Å². The summed E-state index contributed by atoms with van der Waals surface area (Å²) in [5.74, 6) is 0.965. The van der Waals surface area contributed by atoms with Crippen molar-refractivity contribution in [2.75, 3.05) is 19.8 Å². The van der Waals surface area contributed by atoms with Crippen LogP contribution in [0.15, 0.2) is 24.3 Å². The minimum Gasteiger partial charge on any atom is -0.494 e. The summed E-state index contributed by atoms with van der Waals surface area (Å²) in [4.78, 5) is 0. The maximum atomic E-state index is 5.66. The SMILES string of the molecule is CCCCOc1ccc(CNC2(C)CCOC2)cc1. The largest absolute Gasteiger partial charge is 0.494 e. The van der Waals surface area contributed by atoms with Gasteiger partial charge in [0, 0.05) is 18.7 Å². The molecule has 1 aliphatic heterocycles. The molecule has 1 aromatic rings. The molecular formula is C16H25NO2. The molecule has 1 N–H and O–H groups in total. The van der Waals surface area contributed by atoms with Gasteiger partial charge >= 0.3 is 0 Å². The smallest absolute Gasteiger partial charge is 0.119 e. The van der Waals surface area contributed by atoms with E-state index in [1.807, 2.05) is 0 Å². The lowest BCUT2D eigenvalue weighted by Gasteiger charge is -2.23. The highest BCUT2D eigenvalue weighted by Gasteiger charge is 2.28. The van der Waals surface area contributed by atoms with Crippen LogP contribution in [0.5, 0.6) is 5.75 Å². The van der Waals surface area contributed by atoms with E-state index >= 15 is 0 Å². The van der Waals surface area contributed by atoms with Gasteiger partial charge < -0.3 is 14.8 Å². The van der Waals surface area contributed by atoms with E-state index in [-0.39, 0.29) is 5.54 Å². The van der Waals surface area contributed by atoms with E-state index in [1.54, 1.807) is 0 Å². The van der Waals surface area contributed by atoms with E-state index in [0.717, 1.165) is 45.0 Å². The molecule has 1 heterocycles. The Labute approximate surface area is 116 Å². The highest BCUT2D eigenvalue weighted by molar-refractivity contribution is 5.27. The van der Waals surface area contributed by atoms with Crippen LogP contribution < -0.4 is 10.1 Å². The van der Waals surface area contributed by atoms with E-state index in [0.29, 0.717) is 0 Å². The lowest BCUT2D eigenvalue weighted by Crippen LogP contribution is -2.42. The van der Waals surface area contributed by atoms with Gasteiger partial charge in [0.15, 0.2) is 0 Å². The van der Waals surface area contributed by atoms with E-state index in [9.17, 15) is 0 Å². The lowest BCUT2D eigenvalue weighted by molar-refractivity contribution is 0.171. The summed E-state index contributed by atoms with van der Waals surface area (Å²) in [6.07, 6.45) is 3.37. The molecule has 2 rings (SSSR count). The number of ether oxygens (including phenoxy) is 2. The maximum Gasteiger partial charge on any atom is 0.119 e. The predicted molar refractivity (Wildman–Crippen MR) is 77.5 cm³/mol. The first-order chi connectivity index (χ1) is 9.22. The van der Waals surface area contributed by atoms with Crippen molar-refractivity contribution in [2.24, 2.45) is 0 Å². The summed E-state index contributed by atoms with van der Waals surface area (Å²) in [6, 6.07) is 8.38. The fourth-order valence-electron chi connectivity index (χ4n) is 2.16. The van der Waals surface area contributed by atoms with Crippen molar-refractivity contribution in [2.45, 2.75) is 45.2 Å². The van der Waals surface area contributed by atoms with Crippen molar-refractivity contribution in [1.82, 2.24) is 5.32 Å². The molecule has 1 aliphatic rings. The van der Waals surface area contributed by atoms with Crippen LogP contribution in [0.2, 0.25) is 0 Å². The minimum atomic E-state index is 0.135. The van der Waals surface area contributed by atoms with Crippen molar-refractivity contribution in [1.29, 1.82) is 0 Å². The van der Waals surface area contributed by atoms with E-state index < -0.39 is 0 Å². The zero-order chi connectivity index (χ0) is 13.6. The van der Waals surface area contributed by atoms with Crippen LogP contribution >= 0.6 is 0 Å². The number of rotatable bonds is 7. The Hall–Kier alpha value is -1.06. The molecule has 19 heavy (non-hydrogen) atoms. The van der Waals surface area contributed by atoms with Gasteiger partial charge in [-0.05, 0) is 37.5 Å². The van der Waals surface area contributed by atoms with Crippen molar-refractivity contribution in [3.05, 3.63) is 29.8 Å². The molecule has 106 valence electrons. The molecule has 0 amide bonds. The molecule has 0 saturated carbocycles. The van der Waals surface area contributed by atoms with Gasteiger partial charge in [0.05, 0.1) is 13.2 Å². The molecule has 0 aliphatic carbocycles. The normalized spacial score (nSPS) is 22.6. The Morgan fingerprint density at radius 3 is 2.74 bits per heavy atom. The number of unbranched alkanes of at least 4 members (excludes halogenated alkanes) is 1. The van der Waals surface area contributed by atoms with Gasteiger partial charge in [-0.15, -0.1) is 0 Å². The average molecular weight is 263 g/mol. The van der Waals surface area contributed by atoms with Gasteiger partial charge in [0.1, 0.15) is 5.75 Å². The number of nitrogens with one attached hydrogen (secondary N) is 1. The Kier molecular flexibility index (Phi) is 5.23. The summed E-state index contributed by atoms with van der Waals surface area (Å²) < 4.78 is 11.1. The van der Waals surface area contributed by atoms with E-state index in [1.165, 1.54) is 12.0 Å². The van der Waals surface area contributed by atoms with Crippen molar-refractivity contribution in [3.63, 3.8) is 0 Å². The number of benzene rings is 1. The van der Waals surface area contributed by atoms with Crippen LogP contribution in [0.3, 0.4) is 0 Å². The average Bonchev–Trinajstić information content (AvgIpc) is 2.86. The second kappa shape index (κ2) is 6.92. The van der Waals surface area contributed by atoms with Crippen LogP contribution in [0, 0.1) is 0 Å². The highest BCUT2D eigenvalue weighted by Crippen LogP contribution is 2.19. The third-order valence-corrected chi connectivity index (χ3v) is 3.63.